The average molecular weight is 725 g/mol. The van der Waals surface area contributed by atoms with Crippen molar-refractivity contribution in [1.82, 2.24) is 5.32 Å². The first-order valence-electron chi connectivity index (χ1n) is 16.5. The number of hydrogen-bond donors (Lipinski definition) is 3. The van der Waals surface area contributed by atoms with Gasteiger partial charge < -0.3 is 30.2 Å². The number of benzene rings is 2. The lowest BCUT2D eigenvalue weighted by Crippen LogP contribution is -2.38. The highest BCUT2D eigenvalue weighted by molar-refractivity contribution is 7.98. The Morgan fingerprint density at radius 2 is 1.80 bits per heavy atom. The molecule has 12 nitrogen and oxygen atoms in total. The van der Waals surface area contributed by atoms with Crippen molar-refractivity contribution in [2.45, 2.75) is 51.1 Å². The molecule has 14 heteroatoms. The highest BCUT2D eigenvalue weighted by Gasteiger charge is 2.30. The summed E-state index contributed by atoms with van der Waals surface area (Å²) in [6.45, 7) is 1.83. The molecule has 1 fully saturated rings. The summed E-state index contributed by atoms with van der Waals surface area (Å²) in [4.78, 5) is 40.0. The molecule has 50 heavy (non-hydrogen) atoms. The van der Waals surface area contributed by atoms with Gasteiger partial charge in [0, 0.05) is 24.7 Å². The highest BCUT2D eigenvalue weighted by Crippen LogP contribution is 2.50. The van der Waals surface area contributed by atoms with Crippen LogP contribution in [-0.4, -0.2) is 71.9 Å². The molecule has 1 heterocycles. The van der Waals surface area contributed by atoms with Gasteiger partial charge in [-0.25, -0.2) is 8.42 Å². The Morgan fingerprint density at radius 1 is 1.02 bits per heavy atom. The van der Waals surface area contributed by atoms with Crippen LogP contribution in [0.1, 0.15) is 49.8 Å². The van der Waals surface area contributed by atoms with Gasteiger partial charge in [0.15, 0.2) is 11.5 Å². The molecule has 2 unspecified atom stereocenters. The molecular formula is C36H44N4O8S2. The number of ether oxygens (including phenoxy) is 3. The van der Waals surface area contributed by atoms with E-state index in [1.807, 2.05) is 12.3 Å². The minimum absolute atomic E-state index is 0.0887. The third kappa shape index (κ3) is 7.96. The van der Waals surface area contributed by atoms with E-state index in [4.69, 9.17) is 14.2 Å². The van der Waals surface area contributed by atoms with Crippen LogP contribution in [0.15, 0.2) is 53.3 Å². The van der Waals surface area contributed by atoms with Gasteiger partial charge in [-0.05, 0) is 97.2 Å². The van der Waals surface area contributed by atoms with Gasteiger partial charge in [0.25, 0.3) is 0 Å². The molecule has 3 N–H and O–H groups in total. The van der Waals surface area contributed by atoms with E-state index in [0.29, 0.717) is 77.7 Å². The van der Waals surface area contributed by atoms with Crippen LogP contribution in [0, 0.1) is 0 Å². The van der Waals surface area contributed by atoms with E-state index in [9.17, 15) is 22.8 Å². The van der Waals surface area contributed by atoms with E-state index in [1.165, 1.54) is 24.4 Å². The number of methoxy groups -OCH3 is 3. The second-order valence-corrected chi connectivity index (χ2v) is 15.2. The first-order valence-corrected chi connectivity index (χ1v) is 19.5. The lowest BCUT2D eigenvalue weighted by molar-refractivity contribution is -0.120. The lowest BCUT2D eigenvalue weighted by Gasteiger charge is -2.28. The SMILES string of the molecule is COc1cc2c(c(OC)c1OC)-c1ccc(NC(CCSC)C(=O)Nc3cccc(N4CCCCS4(=O)=O)c3)c(=O)cc1C(NC(C)=O)CC2. The number of carbonyl (C=O) groups is 2. The molecule has 1 saturated heterocycles. The van der Waals surface area contributed by atoms with Gasteiger partial charge in [0.2, 0.25) is 33.0 Å². The number of fused-ring (bicyclic) bond motifs is 3. The van der Waals surface area contributed by atoms with Gasteiger partial charge in [-0.15, -0.1) is 0 Å². The second kappa shape index (κ2) is 16.1. The van der Waals surface area contributed by atoms with E-state index in [0.717, 1.165) is 17.5 Å². The maximum absolute atomic E-state index is 13.9. The van der Waals surface area contributed by atoms with E-state index in [1.54, 1.807) is 62.4 Å². The molecule has 0 bridgehead atoms. The number of amides is 2. The van der Waals surface area contributed by atoms with Crippen molar-refractivity contribution in [3.8, 4) is 28.4 Å². The summed E-state index contributed by atoms with van der Waals surface area (Å²) in [7, 11) is 1.19. The topological polar surface area (TPSA) is 152 Å². The number of sulfonamides is 1. The van der Waals surface area contributed by atoms with Crippen molar-refractivity contribution in [2.75, 3.05) is 60.6 Å². The maximum atomic E-state index is 13.9. The minimum Gasteiger partial charge on any atom is -0.493 e. The summed E-state index contributed by atoms with van der Waals surface area (Å²) in [5.74, 6) is 1.47. The summed E-state index contributed by atoms with van der Waals surface area (Å²) < 4.78 is 44.0. The predicted molar refractivity (Wildman–Crippen MR) is 199 cm³/mol. The number of thioether (sulfide) groups is 1. The molecule has 2 aliphatic rings. The van der Waals surface area contributed by atoms with Crippen LogP contribution in [0.2, 0.25) is 0 Å². The molecule has 5 rings (SSSR count). The number of aryl methyl sites for hydroxylation is 1. The third-order valence-electron chi connectivity index (χ3n) is 8.92. The fourth-order valence-electron chi connectivity index (χ4n) is 6.57. The smallest absolute Gasteiger partial charge is 0.246 e. The molecule has 0 aromatic heterocycles. The predicted octanol–water partition coefficient (Wildman–Crippen LogP) is 4.97. The van der Waals surface area contributed by atoms with Crippen LogP contribution in [0.4, 0.5) is 17.1 Å². The summed E-state index contributed by atoms with van der Waals surface area (Å²) in [6, 6.07) is 12.4. The van der Waals surface area contributed by atoms with Crippen molar-refractivity contribution in [3.63, 3.8) is 0 Å². The average Bonchev–Trinajstić information content (AvgIpc) is 3.33. The monoisotopic (exact) mass is 724 g/mol. The van der Waals surface area contributed by atoms with Gasteiger partial charge in [-0.2, -0.15) is 11.8 Å². The molecule has 2 atom stereocenters. The van der Waals surface area contributed by atoms with Crippen molar-refractivity contribution in [3.05, 3.63) is 69.9 Å². The van der Waals surface area contributed by atoms with Crippen molar-refractivity contribution < 1.29 is 32.2 Å². The molecule has 3 aromatic rings. The first kappa shape index (κ1) is 36.8. The normalized spacial score (nSPS) is 16.9. The molecule has 1 aliphatic carbocycles. The van der Waals surface area contributed by atoms with Crippen LogP contribution < -0.4 is 39.9 Å². The first-order chi connectivity index (χ1) is 24.0. The number of nitrogens with zero attached hydrogens (tertiary/aromatic N) is 1. The van der Waals surface area contributed by atoms with Crippen LogP contribution in [0.25, 0.3) is 11.1 Å². The number of hydrogen-bond acceptors (Lipinski definition) is 10. The van der Waals surface area contributed by atoms with Gasteiger partial charge in [-0.1, -0.05) is 12.1 Å². The zero-order valence-electron chi connectivity index (χ0n) is 29.0. The van der Waals surface area contributed by atoms with Gasteiger partial charge in [0.1, 0.15) is 6.04 Å². The fraction of sp³-hybridized carbons (Fsp3) is 0.417. The lowest BCUT2D eigenvalue weighted by atomic mass is 9.95. The van der Waals surface area contributed by atoms with Crippen LogP contribution in [0.3, 0.4) is 0 Å². The van der Waals surface area contributed by atoms with Gasteiger partial charge in [0.05, 0.1) is 44.5 Å². The van der Waals surface area contributed by atoms with E-state index in [2.05, 4.69) is 16.0 Å². The number of anilines is 3. The van der Waals surface area contributed by atoms with Gasteiger partial charge in [-0.3, -0.25) is 18.7 Å². The molecular weight excluding hydrogens is 681 g/mol. The molecule has 0 saturated carbocycles. The Balaban J connectivity index is 1.53. The van der Waals surface area contributed by atoms with Crippen LogP contribution in [-0.2, 0) is 26.0 Å². The fourth-order valence-corrected chi connectivity index (χ4v) is 8.67. The van der Waals surface area contributed by atoms with E-state index < -0.39 is 22.1 Å². The third-order valence-corrected chi connectivity index (χ3v) is 11.4. The number of rotatable bonds is 12. The Kier molecular flexibility index (Phi) is 11.8. The molecule has 1 aliphatic heterocycles. The summed E-state index contributed by atoms with van der Waals surface area (Å²) >= 11 is 1.57. The minimum atomic E-state index is -3.43. The highest BCUT2D eigenvalue weighted by atomic mass is 32.2. The Bertz CT molecular complexity index is 1920. The number of nitrogens with one attached hydrogen (secondary N) is 3. The zero-order valence-corrected chi connectivity index (χ0v) is 30.6. The zero-order chi connectivity index (χ0) is 36.0. The summed E-state index contributed by atoms with van der Waals surface area (Å²) in [5, 5.41) is 9.12. The Hall–Kier alpha value is -4.43. The van der Waals surface area contributed by atoms with Gasteiger partial charge >= 0.3 is 0 Å². The maximum Gasteiger partial charge on any atom is 0.246 e. The van der Waals surface area contributed by atoms with Crippen LogP contribution >= 0.6 is 11.8 Å². The number of carbonyl (C=O) groups excluding carboxylic acids is 2. The largest absolute Gasteiger partial charge is 0.493 e. The second-order valence-electron chi connectivity index (χ2n) is 12.2. The standard InChI is InChI=1S/C36H44N4O8S2/c1-22(41)37-28-13-11-23-19-32(46-2)34(47-3)35(48-4)33(23)26-12-14-29(31(42)21-27(26)28)39-30(15-17-49-5)36(43)38-24-9-8-10-25(20-24)40-16-6-7-18-50(40,44)45/h8-10,12,14,19-21,28,30H,6-7,11,13,15-18H2,1-5H3,(H,37,41)(H,38,43)(H,39,42). The Labute approximate surface area is 297 Å². The molecule has 0 radical (unpaired) electrons. The molecule has 0 spiro atoms. The van der Waals surface area contributed by atoms with E-state index >= 15 is 0 Å². The van der Waals surface area contributed by atoms with Crippen LogP contribution in [0.5, 0.6) is 17.2 Å². The van der Waals surface area contributed by atoms with E-state index in [-0.39, 0.29) is 28.7 Å². The van der Waals surface area contributed by atoms with Crippen molar-refractivity contribution >= 4 is 50.7 Å². The quantitative estimate of drug-likeness (QED) is 0.234. The molecule has 268 valence electrons. The summed E-state index contributed by atoms with van der Waals surface area (Å²) in [6.07, 6.45) is 4.81. The molecule has 2 amide bonds. The summed E-state index contributed by atoms with van der Waals surface area (Å²) in [5.41, 5.74) is 3.70. The molecule has 3 aromatic carbocycles. The van der Waals surface area contributed by atoms with Crippen molar-refractivity contribution in [1.29, 1.82) is 0 Å². The van der Waals surface area contributed by atoms with Crippen molar-refractivity contribution in [2.24, 2.45) is 0 Å². The Morgan fingerprint density at radius 3 is 2.48 bits per heavy atom.